The number of esters is 1. The molecule has 0 amide bonds. The fourth-order valence-electron chi connectivity index (χ4n) is 3.08. The van der Waals surface area contributed by atoms with Gasteiger partial charge in [-0.25, -0.2) is 0 Å². The van der Waals surface area contributed by atoms with E-state index in [9.17, 15) is 4.79 Å². The van der Waals surface area contributed by atoms with Crippen LogP contribution in [-0.4, -0.2) is 19.6 Å². The number of ether oxygens (including phenoxy) is 1. The molecule has 1 atom stereocenters. The van der Waals surface area contributed by atoms with Gasteiger partial charge in [0.1, 0.15) is 0 Å². The van der Waals surface area contributed by atoms with Crippen LogP contribution in [0.3, 0.4) is 0 Å². The Morgan fingerprint density at radius 3 is 2.32 bits per heavy atom. The Morgan fingerprint density at radius 2 is 1.89 bits per heavy atom. The first-order valence-corrected chi connectivity index (χ1v) is 6.87. The Hall–Kier alpha value is -1.35. The molecule has 1 fully saturated rings. The van der Waals surface area contributed by atoms with E-state index < -0.39 is 5.41 Å². The third-order valence-electron chi connectivity index (χ3n) is 4.12. The van der Waals surface area contributed by atoms with E-state index in [2.05, 4.69) is 32.0 Å². The molecule has 0 aromatic heterocycles. The Bertz CT molecular complexity index is 459. The van der Waals surface area contributed by atoms with Gasteiger partial charge in [0.05, 0.1) is 12.5 Å². The molecule has 0 spiro atoms. The molecule has 2 N–H and O–H groups in total. The Kier molecular flexibility index (Phi) is 3.95. The molecule has 1 aromatic carbocycles. The van der Waals surface area contributed by atoms with Crippen LogP contribution >= 0.6 is 0 Å². The predicted octanol–water partition coefficient (Wildman–Crippen LogP) is 2.37. The smallest absolute Gasteiger partial charge is 0.313 e. The quantitative estimate of drug-likeness (QED) is 0.828. The van der Waals surface area contributed by atoms with Crippen molar-refractivity contribution in [1.29, 1.82) is 0 Å². The Labute approximate surface area is 115 Å². The minimum atomic E-state index is -0.533. The van der Waals surface area contributed by atoms with Crippen molar-refractivity contribution in [3.63, 3.8) is 0 Å². The lowest BCUT2D eigenvalue weighted by Crippen LogP contribution is -2.43. The molecule has 3 heteroatoms. The van der Waals surface area contributed by atoms with Crippen LogP contribution < -0.4 is 5.73 Å². The molecule has 1 unspecified atom stereocenters. The van der Waals surface area contributed by atoms with Crippen LogP contribution in [0.15, 0.2) is 18.2 Å². The third-order valence-corrected chi connectivity index (χ3v) is 4.12. The molecule has 104 valence electrons. The molecule has 1 saturated carbocycles. The van der Waals surface area contributed by atoms with Gasteiger partial charge in [-0.1, -0.05) is 29.3 Å². The van der Waals surface area contributed by atoms with Crippen LogP contribution in [0.2, 0.25) is 0 Å². The summed E-state index contributed by atoms with van der Waals surface area (Å²) in [5, 5.41) is 0. The molecule has 0 bridgehead atoms. The Morgan fingerprint density at radius 1 is 1.32 bits per heavy atom. The zero-order valence-corrected chi connectivity index (χ0v) is 12.0. The van der Waals surface area contributed by atoms with Gasteiger partial charge in [-0.3, -0.25) is 4.79 Å². The topological polar surface area (TPSA) is 52.3 Å². The van der Waals surface area contributed by atoms with E-state index in [1.54, 1.807) is 0 Å². The number of hydrogen-bond acceptors (Lipinski definition) is 3. The number of carbonyl (C=O) groups excluding carboxylic acids is 1. The monoisotopic (exact) mass is 261 g/mol. The first kappa shape index (κ1) is 14.1. The Balaban J connectivity index is 2.32. The van der Waals surface area contributed by atoms with Gasteiger partial charge in [0, 0.05) is 6.54 Å². The highest BCUT2D eigenvalue weighted by Gasteiger charge is 2.50. The van der Waals surface area contributed by atoms with Crippen molar-refractivity contribution in [3.05, 3.63) is 34.9 Å². The average Bonchev–Trinajstić information content (AvgIpc) is 3.18. The number of hydrogen-bond donors (Lipinski definition) is 1. The van der Waals surface area contributed by atoms with Crippen molar-refractivity contribution < 1.29 is 9.53 Å². The van der Waals surface area contributed by atoms with Crippen LogP contribution in [0.25, 0.3) is 0 Å². The molecule has 0 radical (unpaired) electrons. The summed E-state index contributed by atoms with van der Waals surface area (Å²) in [4.78, 5) is 12.2. The molecule has 0 saturated heterocycles. The molecule has 1 aromatic rings. The number of benzene rings is 1. The lowest BCUT2D eigenvalue weighted by Gasteiger charge is -2.30. The number of aryl methyl sites for hydroxylation is 2. The second-order valence-corrected chi connectivity index (χ2v) is 5.80. The molecule has 1 aliphatic carbocycles. The molecule has 19 heavy (non-hydrogen) atoms. The fourth-order valence-corrected chi connectivity index (χ4v) is 3.08. The minimum absolute atomic E-state index is 0.156. The lowest BCUT2D eigenvalue weighted by atomic mass is 9.76. The predicted molar refractivity (Wildman–Crippen MR) is 75.8 cm³/mol. The summed E-state index contributed by atoms with van der Waals surface area (Å²) >= 11 is 0. The normalized spacial score (nSPS) is 17.9. The maximum absolute atomic E-state index is 12.2. The lowest BCUT2D eigenvalue weighted by molar-refractivity contribution is -0.153. The summed E-state index contributed by atoms with van der Waals surface area (Å²) in [7, 11) is 1.45. The largest absolute Gasteiger partial charge is 0.469 e. The van der Waals surface area contributed by atoms with E-state index in [0.717, 1.165) is 12.8 Å². The van der Waals surface area contributed by atoms with Crippen LogP contribution in [0.1, 0.15) is 29.5 Å². The summed E-state index contributed by atoms with van der Waals surface area (Å²) in [6.07, 6.45) is 2.84. The summed E-state index contributed by atoms with van der Waals surface area (Å²) in [5.74, 6) is 0.224. The summed E-state index contributed by atoms with van der Waals surface area (Å²) < 4.78 is 5.02. The van der Waals surface area contributed by atoms with E-state index in [-0.39, 0.29) is 5.97 Å². The van der Waals surface area contributed by atoms with Crippen molar-refractivity contribution in [2.75, 3.05) is 13.7 Å². The molecule has 0 aliphatic heterocycles. The van der Waals surface area contributed by atoms with Gasteiger partial charge in [0.25, 0.3) is 0 Å². The van der Waals surface area contributed by atoms with Crippen molar-refractivity contribution in [2.24, 2.45) is 17.1 Å². The van der Waals surface area contributed by atoms with Crippen LogP contribution in [0.4, 0.5) is 0 Å². The maximum Gasteiger partial charge on any atom is 0.313 e. The van der Waals surface area contributed by atoms with Gasteiger partial charge in [0.15, 0.2) is 0 Å². The summed E-state index contributed by atoms with van der Waals surface area (Å²) in [6, 6.07) is 6.42. The first-order valence-electron chi connectivity index (χ1n) is 6.87. The van der Waals surface area contributed by atoms with Crippen molar-refractivity contribution >= 4 is 5.97 Å². The molecular formula is C16H23NO2. The SMILES string of the molecule is COC(=O)C(CN)(Cc1cc(C)cc(C)c1)C1CC1. The van der Waals surface area contributed by atoms with Crippen molar-refractivity contribution in [2.45, 2.75) is 33.1 Å². The third kappa shape index (κ3) is 2.81. The number of carbonyl (C=O) groups is 1. The second kappa shape index (κ2) is 5.33. The maximum atomic E-state index is 12.2. The van der Waals surface area contributed by atoms with Gasteiger partial charge in [0.2, 0.25) is 0 Å². The van der Waals surface area contributed by atoms with E-state index in [1.165, 1.54) is 23.8 Å². The van der Waals surface area contributed by atoms with Crippen LogP contribution in [-0.2, 0) is 16.0 Å². The van der Waals surface area contributed by atoms with E-state index >= 15 is 0 Å². The zero-order valence-electron chi connectivity index (χ0n) is 12.0. The van der Waals surface area contributed by atoms with Crippen LogP contribution in [0.5, 0.6) is 0 Å². The zero-order chi connectivity index (χ0) is 14.0. The standard InChI is InChI=1S/C16H23NO2/c1-11-6-12(2)8-13(7-11)9-16(10-17,14-4-5-14)15(18)19-3/h6-8,14H,4-5,9-10,17H2,1-3H3. The van der Waals surface area contributed by atoms with Gasteiger partial charge >= 0.3 is 5.97 Å². The number of rotatable bonds is 5. The van der Waals surface area contributed by atoms with E-state index in [4.69, 9.17) is 10.5 Å². The minimum Gasteiger partial charge on any atom is -0.469 e. The molecule has 2 rings (SSSR count). The van der Waals surface area contributed by atoms with E-state index in [1.807, 2.05) is 0 Å². The first-order chi connectivity index (χ1) is 9.01. The second-order valence-electron chi connectivity index (χ2n) is 5.80. The fraction of sp³-hybridized carbons (Fsp3) is 0.562. The highest BCUT2D eigenvalue weighted by atomic mass is 16.5. The van der Waals surface area contributed by atoms with Crippen molar-refractivity contribution in [3.8, 4) is 0 Å². The van der Waals surface area contributed by atoms with Gasteiger partial charge in [-0.15, -0.1) is 0 Å². The highest BCUT2D eigenvalue weighted by Crippen LogP contribution is 2.48. The number of nitrogens with two attached hydrogens (primary N) is 1. The van der Waals surface area contributed by atoms with Gasteiger partial charge < -0.3 is 10.5 Å². The highest BCUT2D eigenvalue weighted by molar-refractivity contribution is 5.78. The molecule has 3 nitrogen and oxygen atoms in total. The summed E-state index contributed by atoms with van der Waals surface area (Å²) in [6.45, 7) is 4.52. The summed E-state index contributed by atoms with van der Waals surface area (Å²) in [5.41, 5.74) is 9.04. The van der Waals surface area contributed by atoms with Crippen molar-refractivity contribution in [1.82, 2.24) is 0 Å². The van der Waals surface area contributed by atoms with Crippen LogP contribution in [0, 0.1) is 25.2 Å². The average molecular weight is 261 g/mol. The molecule has 1 aliphatic rings. The van der Waals surface area contributed by atoms with Gasteiger partial charge in [-0.2, -0.15) is 0 Å². The number of methoxy groups -OCH3 is 1. The van der Waals surface area contributed by atoms with E-state index in [0.29, 0.717) is 18.9 Å². The van der Waals surface area contributed by atoms with Gasteiger partial charge in [-0.05, 0) is 44.6 Å². The molecular weight excluding hydrogens is 238 g/mol. The molecule has 0 heterocycles.